The van der Waals surface area contributed by atoms with Crippen LogP contribution in [0.5, 0.6) is 0 Å². The van der Waals surface area contributed by atoms with Crippen LogP contribution in [-0.4, -0.2) is 48.1 Å². The third kappa shape index (κ3) is 1.53. The first-order valence-electron chi connectivity index (χ1n) is 6.53. The lowest BCUT2D eigenvalue weighted by atomic mass is 9.58. The standard InChI is InChI=1S/C13H26N2/c1-5-14-9-7-13(8-10-14)11-15(6-2)12(13,3)4/h5-11H2,1-4H3. The summed E-state index contributed by atoms with van der Waals surface area (Å²) in [5, 5.41) is 0. The maximum absolute atomic E-state index is 2.63. The van der Waals surface area contributed by atoms with Gasteiger partial charge in [-0.3, -0.25) is 4.90 Å². The molecule has 2 saturated heterocycles. The third-order valence-corrected chi connectivity index (χ3v) is 5.22. The van der Waals surface area contributed by atoms with Gasteiger partial charge in [0.05, 0.1) is 0 Å². The largest absolute Gasteiger partial charge is 0.304 e. The molecule has 2 fully saturated rings. The van der Waals surface area contributed by atoms with E-state index in [1.165, 1.54) is 45.6 Å². The van der Waals surface area contributed by atoms with Crippen LogP contribution in [0.15, 0.2) is 0 Å². The summed E-state index contributed by atoms with van der Waals surface area (Å²) in [6.07, 6.45) is 2.81. The Labute approximate surface area is 94.6 Å². The lowest BCUT2D eigenvalue weighted by Gasteiger charge is -2.66. The van der Waals surface area contributed by atoms with Crippen molar-refractivity contribution in [2.45, 2.75) is 46.1 Å². The predicted molar refractivity (Wildman–Crippen MR) is 65.1 cm³/mol. The van der Waals surface area contributed by atoms with Crippen LogP contribution in [0.1, 0.15) is 40.5 Å². The van der Waals surface area contributed by atoms with Crippen LogP contribution < -0.4 is 0 Å². The molecule has 2 nitrogen and oxygen atoms in total. The molecule has 2 aliphatic heterocycles. The SMILES string of the molecule is CCN1CCC2(CC1)CN(CC)C2(C)C. The fourth-order valence-corrected chi connectivity index (χ4v) is 3.57. The van der Waals surface area contributed by atoms with E-state index in [1.54, 1.807) is 0 Å². The van der Waals surface area contributed by atoms with Gasteiger partial charge in [-0.25, -0.2) is 0 Å². The molecule has 0 aromatic rings. The highest BCUT2D eigenvalue weighted by Gasteiger charge is 2.57. The summed E-state index contributed by atoms with van der Waals surface area (Å²) in [6, 6.07) is 0. The van der Waals surface area contributed by atoms with Crippen LogP contribution in [0.25, 0.3) is 0 Å². The normalized spacial score (nSPS) is 30.4. The average Bonchev–Trinajstić information content (AvgIpc) is 2.26. The minimum absolute atomic E-state index is 0.446. The molecule has 15 heavy (non-hydrogen) atoms. The summed E-state index contributed by atoms with van der Waals surface area (Å²) in [6.45, 7) is 15.9. The first kappa shape index (κ1) is 11.4. The van der Waals surface area contributed by atoms with Crippen LogP contribution in [0.4, 0.5) is 0 Å². The van der Waals surface area contributed by atoms with E-state index in [0.717, 1.165) is 0 Å². The van der Waals surface area contributed by atoms with E-state index in [9.17, 15) is 0 Å². The smallest absolute Gasteiger partial charge is 0.0222 e. The fourth-order valence-electron chi connectivity index (χ4n) is 3.57. The first-order valence-corrected chi connectivity index (χ1v) is 6.53. The molecule has 0 radical (unpaired) electrons. The van der Waals surface area contributed by atoms with E-state index in [-0.39, 0.29) is 0 Å². The van der Waals surface area contributed by atoms with Crippen LogP contribution in [0.2, 0.25) is 0 Å². The van der Waals surface area contributed by atoms with Crippen LogP contribution in [0, 0.1) is 5.41 Å². The molecule has 0 aromatic carbocycles. The second-order valence-corrected chi connectivity index (χ2v) is 5.79. The Morgan fingerprint density at radius 1 is 1.00 bits per heavy atom. The van der Waals surface area contributed by atoms with E-state index < -0.39 is 0 Å². The van der Waals surface area contributed by atoms with Crippen LogP contribution in [-0.2, 0) is 0 Å². The van der Waals surface area contributed by atoms with Gasteiger partial charge in [0.25, 0.3) is 0 Å². The van der Waals surface area contributed by atoms with Gasteiger partial charge in [-0.1, -0.05) is 13.8 Å². The van der Waals surface area contributed by atoms with Crippen molar-refractivity contribution in [3.05, 3.63) is 0 Å². The first-order chi connectivity index (χ1) is 7.05. The number of nitrogens with zero attached hydrogens (tertiary/aromatic N) is 2. The summed E-state index contributed by atoms with van der Waals surface area (Å²) < 4.78 is 0. The van der Waals surface area contributed by atoms with Gasteiger partial charge in [-0.15, -0.1) is 0 Å². The van der Waals surface area contributed by atoms with Crippen molar-refractivity contribution in [2.24, 2.45) is 5.41 Å². The van der Waals surface area contributed by atoms with Gasteiger partial charge in [0.1, 0.15) is 0 Å². The van der Waals surface area contributed by atoms with Gasteiger partial charge in [-0.05, 0) is 52.9 Å². The zero-order valence-electron chi connectivity index (χ0n) is 10.8. The Kier molecular flexibility index (Phi) is 2.85. The summed E-state index contributed by atoms with van der Waals surface area (Å²) in [4.78, 5) is 5.23. The highest BCUT2D eigenvalue weighted by molar-refractivity contribution is 5.12. The van der Waals surface area contributed by atoms with Gasteiger partial charge >= 0.3 is 0 Å². The number of piperidine rings is 1. The lowest BCUT2D eigenvalue weighted by Crippen LogP contribution is -2.73. The fraction of sp³-hybridized carbons (Fsp3) is 1.00. The third-order valence-electron chi connectivity index (χ3n) is 5.22. The molecule has 2 heteroatoms. The Hall–Kier alpha value is -0.0800. The van der Waals surface area contributed by atoms with Crippen LogP contribution in [0.3, 0.4) is 0 Å². The van der Waals surface area contributed by atoms with Crippen molar-refractivity contribution in [1.82, 2.24) is 9.80 Å². The quantitative estimate of drug-likeness (QED) is 0.689. The second-order valence-electron chi connectivity index (χ2n) is 5.79. The molecule has 0 bridgehead atoms. The molecule has 2 heterocycles. The summed E-state index contributed by atoms with van der Waals surface area (Å²) >= 11 is 0. The predicted octanol–water partition coefficient (Wildman–Crippen LogP) is 2.20. The van der Waals surface area contributed by atoms with E-state index in [0.29, 0.717) is 11.0 Å². The number of hydrogen-bond donors (Lipinski definition) is 0. The van der Waals surface area contributed by atoms with E-state index in [1.807, 2.05) is 0 Å². The van der Waals surface area contributed by atoms with E-state index >= 15 is 0 Å². The Morgan fingerprint density at radius 3 is 2.00 bits per heavy atom. The maximum atomic E-state index is 2.63. The average molecular weight is 210 g/mol. The Balaban J connectivity index is 2.00. The molecule has 2 rings (SSSR count). The van der Waals surface area contributed by atoms with Crippen LogP contribution >= 0.6 is 0 Å². The monoisotopic (exact) mass is 210 g/mol. The second kappa shape index (κ2) is 3.74. The number of likely N-dealkylation sites (tertiary alicyclic amines) is 2. The molecule has 88 valence electrons. The number of hydrogen-bond acceptors (Lipinski definition) is 2. The van der Waals surface area contributed by atoms with Gasteiger partial charge < -0.3 is 4.90 Å². The molecule has 0 aromatic heterocycles. The Bertz CT molecular complexity index is 227. The van der Waals surface area contributed by atoms with Crippen molar-refractivity contribution < 1.29 is 0 Å². The highest BCUT2D eigenvalue weighted by Crippen LogP contribution is 2.53. The van der Waals surface area contributed by atoms with Crippen molar-refractivity contribution >= 4 is 0 Å². The van der Waals surface area contributed by atoms with Gasteiger partial charge in [0, 0.05) is 17.5 Å². The van der Waals surface area contributed by atoms with Gasteiger partial charge in [-0.2, -0.15) is 0 Å². The minimum Gasteiger partial charge on any atom is -0.304 e. The van der Waals surface area contributed by atoms with Crippen molar-refractivity contribution in [2.75, 3.05) is 32.7 Å². The number of rotatable bonds is 2. The summed E-state index contributed by atoms with van der Waals surface area (Å²) in [5.41, 5.74) is 1.08. The maximum Gasteiger partial charge on any atom is 0.0222 e. The summed E-state index contributed by atoms with van der Waals surface area (Å²) in [7, 11) is 0. The molecular formula is C13H26N2. The molecular weight excluding hydrogens is 184 g/mol. The molecule has 1 spiro atoms. The van der Waals surface area contributed by atoms with E-state index in [4.69, 9.17) is 0 Å². The molecule has 2 aliphatic rings. The van der Waals surface area contributed by atoms with Crippen molar-refractivity contribution in [1.29, 1.82) is 0 Å². The van der Waals surface area contributed by atoms with Crippen molar-refractivity contribution in [3.8, 4) is 0 Å². The Morgan fingerprint density at radius 2 is 1.60 bits per heavy atom. The summed E-state index contributed by atoms with van der Waals surface area (Å²) in [5.74, 6) is 0. The van der Waals surface area contributed by atoms with E-state index in [2.05, 4.69) is 37.5 Å². The molecule has 0 atom stereocenters. The molecule has 0 amide bonds. The minimum atomic E-state index is 0.446. The zero-order valence-corrected chi connectivity index (χ0v) is 10.8. The lowest BCUT2D eigenvalue weighted by molar-refractivity contribution is -0.161. The topological polar surface area (TPSA) is 6.48 Å². The van der Waals surface area contributed by atoms with Gasteiger partial charge in [0.15, 0.2) is 0 Å². The zero-order chi connectivity index (χ0) is 11.1. The molecule has 0 N–H and O–H groups in total. The molecule has 0 unspecified atom stereocenters. The molecule has 0 saturated carbocycles. The van der Waals surface area contributed by atoms with Gasteiger partial charge in [0.2, 0.25) is 0 Å². The highest BCUT2D eigenvalue weighted by atomic mass is 15.3. The van der Waals surface area contributed by atoms with Crippen molar-refractivity contribution in [3.63, 3.8) is 0 Å². The molecule has 0 aliphatic carbocycles.